The minimum Gasteiger partial charge on any atom is -0.439 e. The van der Waals surface area contributed by atoms with Crippen LogP contribution in [0, 0.1) is 0 Å². The lowest BCUT2D eigenvalue weighted by atomic mass is 10.1. The van der Waals surface area contributed by atoms with Crippen molar-refractivity contribution in [2.24, 2.45) is 0 Å². The van der Waals surface area contributed by atoms with Gasteiger partial charge in [0.05, 0.1) is 0 Å². The molecule has 0 unspecified atom stereocenters. The summed E-state index contributed by atoms with van der Waals surface area (Å²) in [5.74, 6) is -0.310. The molecule has 3 rings (SSSR count). The monoisotopic (exact) mass is 353 g/mol. The van der Waals surface area contributed by atoms with Crippen LogP contribution in [-0.2, 0) is 9.53 Å². The van der Waals surface area contributed by atoms with Crippen molar-refractivity contribution in [3.05, 3.63) is 54.6 Å². The summed E-state index contributed by atoms with van der Waals surface area (Å²) >= 11 is 0. The fraction of sp³-hybridized carbons (Fsp3) is 0.300. The van der Waals surface area contributed by atoms with Gasteiger partial charge in [-0.05, 0) is 23.3 Å². The highest BCUT2D eigenvalue weighted by Crippen LogP contribution is 2.23. The molecule has 1 aliphatic heterocycles. The number of anilines is 1. The van der Waals surface area contributed by atoms with Crippen LogP contribution in [0.2, 0.25) is 0 Å². The Kier molecular flexibility index (Phi) is 5.73. The molecule has 136 valence electrons. The second kappa shape index (κ2) is 8.38. The summed E-state index contributed by atoms with van der Waals surface area (Å²) in [4.78, 5) is 27.0. The predicted octanol–water partition coefficient (Wildman–Crippen LogP) is 2.36. The number of likely N-dealkylation sites (N-methyl/N-ethyl adjacent to an activating group) is 1. The fourth-order valence-electron chi connectivity index (χ4n) is 2.93. The molecule has 0 atom stereocenters. The van der Waals surface area contributed by atoms with Gasteiger partial charge in [0.15, 0.2) is 6.61 Å². The number of hydrogen-bond donors (Lipinski definition) is 1. The maximum atomic E-state index is 12.0. The van der Waals surface area contributed by atoms with Gasteiger partial charge in [-0.1, -0.05) is 42.5 Å². The van der Waals surface area contributed by atoms with Gasteiger partial charge in [0.2, 0.25) is 0 Å². The van der Waals surface area contributed by atoms with E-state index in [9.17, 15) is 9.59 Å². The molecule has 2 aromatic rings. The van der Waals surface area contributed by atoms with Gasteiger partial charge >= 0.3 is 6.09 Å². The van der Waals surface area contributed by atoms with E-state index in [1.165, 1.54) is 18.2 Å². The highest BCUT2D eigenvalue weighted by atomic mass is 16.6. The van der Waals surface area contributed by atoms with Gasteiger partial charge in [0, 0.05) is 38.9 Å². The molecule has 0 spiro atoms. The SMILES string of the molecule is CNC(=O)COC(=O)N1CCN(c2ccc(-c3ccccc3)cc2)CC1. The first-order valence-corrected chi connectivity index (χ1v) is 8.70. The van der Waals surface area contributed by atoms with Crippen molar-refractivity contribution in [1.29, 1.82) is 0 Å². The van der Waals surface area contributed by atoms with E-state index in [2.05, 4.69) is 46.6 Å². The molecule has 1 saturated heterocycles. The molecule has 2 amide bonds. The number of hydrogen-bond acceptors (Lipinski definition) is 4. The first-order valence-electron chi connectivity index (χ1n) is 8.70. The first kappa shape index (κ1) is 17.8. The lowest BCUT2D eigenvalue weighted by molar-refractivity contribution is -0.123. The minimum atomic E-state index is -0.437. The molecular formula is C20H23N3O3. The lowest BCUT2D eigenvalue weighted by Gasteiger charge is -2.35. The Balaban J connectivity index is 1.53. The van der Waals surface area contributed by atoms with E-state index in [-0.39, 0.29) is 12.5 Å². The van der Waals surface area contributed by atoms with Crippen LogP contribution in [0.25, 0.3) is 11.1 Å². The maximum absolute atomic E-state index is 12.0. The van der Waals surface area contributed by atoms with Gasteiger partial charge in [-0.2, -0.15) is 0 Å². The van der Waals surface area contributed by atoms with Crippen LogP contribution in [0.4, 0.5) is 10.5 Å². The number of piperazine rings is 1. The number of amides is 2. The molecule has 0 aliphatic carbocycles. The van der Waals surface area contributed by atoms with Crippen molar-refractivity contribution in [3.8, 4) is 11.1 Å². The number of benzene rings is 2. The molecule has 1 aliphatic rings. The predicted molar refractivity (Wildman–Crippen MR) is 101 cm³/mol. The van der Waals surface area contributed by atoms with Crippen molar-refractivity contribution in [3.63, 3.8) is 0 Å². The molecule has 0 radical (unpaired) electrons. The molecule has 1 fully saturated rings. The summed E-state index contributed by atoms with van der Waals surface area (Å²) in [5.41, 5.74) is 3.52. The molecule has 6 nitrogen and oxygen atoms in total. The molecule has 2 aromatic carbocycles. The first-order chi connectivity index (χ1) is 12.7. The molecular weight excluding hydrogens is 330 g/mol. The summed E-state index contributed by atoms with van der Waals surface area (Å²) in [6.45, 7) is 2.38. The van der Waals surface area contributed by atoms with Gasteiger partial charge in [-0.25, -0.2) is 4.79 Å². The van der Waals surface area contributed by atoms with E-state index in [4.69, 9.17) is 4.74 Å². The average molecular weight is 353 g/mol. The van der Waals surface area contributed by atoms with Crippen molar-refractivity contribution >= 4 is 17.7 Å². The third kappa shape index (κ3) is 4.33. The Morgan fingerprint density at radius 3 is 2.15 bits per heavy atom. The number of ether oxygens (including phenoxy) is 1. The summed E-state index contributed by atoms with van der Waals surface area (Å²) in [5, 5.41) is 2.43. The maximum Gasteiger partial charge on any atom is 0.410 e. The number of carbonyl (C=O) groups excluding carboxylic acids is 2. The zero-order valence-corrected chi connectivity index (χ0v) is 14.9. The normalized spacial score (nSPS) is 14.0. The van der Waals surface area contributed by atoms with E-state index < -0.39 is 6.09 Å². The number of nitrogens with one attached hydrogen (secondary N) is 1. The second-order valence-electron chi connectivity index (χ2n) is 6.11. The van der Waals surface area contributed by atoms with E-state index in [1.807, 2.05) is 18.2 Å². The lowest BCUT2D eigenvalue weighted by Crippen LogP contribution is -2.49. The van der Waals surface area contributed by atoms with Gasteiger partial charge in [0.1, 0.15) is 0 Å². The molecule has 0 saturated carbocycles. The Bertz CT molecular complexity index is 739. The molecule has 1 N–H and O–H groups in total. The van der Waals surface area contributed by atoms with Gasteiger partial charge in [0.25, 0.3) is 5.91 Å². The highest BCUT2D eigenvalue weighted by molar-refractivity contribution is 5.79. The Morgan fingerprint density at radius 2 is 1.54 bits per heavy atom. The summed E-state index contributed by atoms with van der Waals surface area (Å²) in [6, 6.07) is 18.7. The largest absolute Gasteiger partial charge is 0.439 e. The Labute approximate surface area is 153 Å². The van der Waals surface area contributed by atoms with Crippen LogP contribution in [0.1, 0.15) is 0 Å². The van der Waals surface area contributed by atoms with Crippen molar-refractivity contribution < 1.29 is 14.3 Å². The van der Waals surface area contributed by atoms with Crippen LogP contribution < -0.4 is 10.2 Å². The smallest absolute Gasteiger partial charge is 0.410 e. The third-order valence-electron chi connectivity index (χ3n) is 4.48. The average Bonchev–Trinajstić information content (AvgIpc) is 2.72. The Hall–Kier alpha value is -3.02. The Morgan fingerprint density at radius 1 is 0.923 bits per heavy atom. The van der Waals surface area contributed by atoms with Crippen LogP contribution in [0.5, 0.6) is 0 Å². The van der Waals surface area contributed by atoms with E-state index in [0.717, 1.165) is 18.8 Å². The second-order valence-corrected chi connectivity index (χ2v) is 6.11. The van der Waals surface area contributed by atoms with Gasteiger partial charge in [-0.15, -0.1) is 0 Å². The topological polar surface area (TPSA) is 61.9 Å². The third-order valence-corrected chi connectivity index (χ3v) is 4.48. The van der Waals surface area contributed by atoms with Gasteiger partial charge < -0.3 is 19.9 Å². The fourth-order valence-corrected chi connectivity index (χ4v) is 2.93. The standard InChI is InChI=1S/C20H23N3O3/c1-21-19(24)15-26-20(25)23-13-11-22(12-14-23)18-9-7-17(8-10-18)16-5-3-2-4-6-16/h2-10H,11-15H2,1H3,(H,21,24). The minimum absolute atomic E-state index is 0.240. The zero-order valence-electron chi connectivity index (χ0n) is 14.9. The molecule has 26 heavy (non-hydrogen) atoms. The van der Waals surface area contributed by atoms with Crippen molar-refractivity contribution in [2.45, 2.75) is 0 Å². The van der Waals surface area contributed by atoms with Crippen LogP contribution in [0.3, 0.4) is 0 Å². The molecule has 0 aromatic heterocycles. The van der Waals surface area contributed by atoms with E-state index in [0.29, 0.717) is 13.1 Å². The quantitative estimate of drug-likeness (QED) is 0.917. The van der Waals surface area contributed by atoms with Crippen LogP contribution in [0.15, 0.2) is 54.6 Å². The van der Waals surface area contributed by atoms with E-state index >= 15 is 0 Å². The van der Waals surface area contributed by atoms with Crippen molar-refractivity contribution in [2.75, 3.05) is 44.7 Å². The van der Waals surface area contributed by atoms with Crippen LogP contribution in [-0.4, -0.2) is 56.7 Å². The number of rotatable bonds is 4. The van der Waals surface area contributed by atoms with Crippen molar-refractivity contribution in [1.82, 2.24) is 10.2 Å². The van der Waals surface area contributed by atoms with E-state index in [1.54, 1.807) is 4.90 Å². The summed E-state index contributed by atoms with van der Waals surface area (Å²) in [6.07, 6.45) is -0.437. The summed E-state index contributed by atoms with van der Waals surface area (Å²) < 4.78 is 5.00. The number of nitrogens with zero attached hydrogens (tertiary/aromatic N) is 2. The number of carbonyl (C=O) groups is 2. The molecule has 1 heterocycles. The van der Waals surface area contributed by atoms with Crippen LogP contribution >= 0.6 is 0 Å². The summed E-state index contributed by atoms with van der Waals surface area (Å²) in [7, 11) is 1.51. The molecule has 0 bridgehead atoms. The zero-order chi connectivity index (χ0) is 18.4. The highest BCUT2D eigenvalue weighted by Gasteiger charge is 2.22. The molecule has 6 heteroatoms. The van der Waals surface area contributed by atoms with Gasteiger partial charge in [-0.3, -0.25) is 4.79 Å².